The van der Waals surface area contributed by atoms with Crippen LogP contribution in [0.3, 0.4) is 0 Å². The van der Waals surface area contributed by atoms with E-state index in [2.05, 4.69) is 10.6 Å². The van der Waals surface area contributed by atoms with Crippen molar-refractivity contribution in [1.82, 2.24) is 10.6 Å². The van der Waals surface area contributed by atoms with Crippen molar-refractivity contribution < 1.29 is 26.4 Å². The van der Waals surface area contributed by atoms with Crippen LogP contribution in [0, 0.1) is 0 Å². The van der Waals surface area contributed by atoms with E-state index in [1.54, 1.807) is 19.1 Å². The minimum atomic E-state index is -4.69. The van der Waals surface area contributed by atoms with E-state index in [9.17, 15) is 26.4 Å². The van der Waals surface area contributed by atoms with Gasteiger partial charge < -0.3 is 10.6 Å². The number of nitrogens with one attached hydrogen (secondary N) is 2. The molecule has 0 bridgehead atoms. The number of benzene rings is 2. The third-order valence-corrected chi connectivity index (χ3v) is 7.68. The Hall–Kier alpha value is -2.10. The van der Waals surface area contributed by atoms with Crippen LogP contribution in [-0.2, 0) is 16.0 Å². The lowest BCUT2D eigenvalue weighted by atomic mass is 9.92. The Bertz CT molecular complexity index is 1080. The van der Waals surface area contributed by atoms with Crippen LogP contribution in [-0.4, -0.2) is 32.7 Å². The summed E-state index contributed by atoms with van der Waals surface area (Å²) in [6.45, 7) is 2.26. The molecule has 1 heterocycles. The van der Waals surface area contributed by atoms with Crippen LogP contribution in [0.2, 0.25) is 5.02 Å². The van der Waals surface area contributed by atoms with Gasteiger partial charge in [0.15, 0.2) is 9.84 Å². The first-order chi connectivity index (χ1) is 15.0. The van der Waals surface area contributed by atoms with Crippen LogP contribution in [0.4, 0.5) is 13.2 Å². The lowest BCUT2D eigenvalue weighted by Gasteiger charge is -2.32. The molecule has 2 N–H and O–H groups in total. The van der Waals surface area contributed by atoms with Gasteiger partial charge in [-0.15, -0.1) is 0 Å². The number of hydrogen-bond acceptors (Lipinski definition) is 4. The first kappa shape index (κ1) is 24.5. The van der Waals surface area contributed by atoms with Gasteiger partial charge in [-0.1, -0.05) is 43.1 Å². The van der Waals surface area contributed by atoms with E-state index in [1.165, 1.54) is 18.2 Å². The van der Waals surface area contributed by atoms with Crippen molar-refractivity contribution in [1.29, 1.82) is 0 Å². The molecule has 0 aromatic heterocycles. The van der Waals surface area contributed by atoms with Gasteiger partial charge >= 0.3 is 6.18 Å². The van der Waals surface area contributed by atoms with Crippen LogP contribution >= 0.6 is 11.6 Å². The second-order valence-electron chi connectivity index (χ2n) is 7.65. The number of carbonyl (C=O) groups is 1. The molecule has 1 saturated heterocycles. The van der Waals surface area contributed by atoms with Crippen LogP contribution in [0.1, 0.15) is 53.7 Å². The number of alkyl halides is 3. The Kier molecular flexibility index (Phi) is 7.52. The molecule has 10 heteroatoms. The van der Waals surface area contributed by atoms with Gasteiger partial charge in [-0.05, 0) is 49.2 Å². The zero-order chi connectivity index (χ0) is 23.5. The Labute approximate surface area is 190 Å². The van der Waals surface area contributed by atoms with E-state index >= 15 is 0 Å². The maximum absolute atomic E-state index is 13.2. The molecule has 1 aliphatic heterocycles. The molecule has 2 unspecified atom stereocenters. The predicted octanol–water partition coefficient (Wildman–Crippen LogP) is 4.77. The monoisotopic (exact) mass is 488 g/mol. The Balaban J connectivity index is 1.98. The van der Waals surface area contributed by atoms with Crippen LogP contribution in [0.5, 0.6) is 0 Å². The third-order valence-electron chi connectivity index (χ3n) is 5.54. The molecule has 2 atom stereocenters. The smallest absolute Gasteiger partial charge is 0.344 e. The maximum atomic E-state index is 13.2. The second kappa shape index (κ2) is 9.80. The third kappa shape index (κ3) is 5.44. The molecule has 0 spiro atoms. The van der Waals surface area contributed by atoms with Gasteiger partial charge in [0.05, 0.1) is 32.8 Å². The molecule has 0 aliphatic carbocycles. The minimum Gasteiger partial charge on any atom is -0.344 e. The summed E-state index contributed by atoms with van der Waals surface area (Å²) >= 11 is 5.93. The van der Waals surface area contributed by atoms with E-state index in [-0.39, 0.29) is 22.3 Å². The van der Waals surface area contributed by atoms with Gasteiger partial charge in [0, 0.05) is 6.04 Å². The summed E-state index contributed by atoms with van der Waals surface area (Å²) in [5.41, 5.74) is -0.829. The molecule has 1 aliphatic rings. The number of hydrogen-bond donors (Lipinski definition) is 2. The Morgan fingerprint density at radius 1 is 1.22 bits per heavy atom. The summed E-state index contributed by atoms with van der Waals surface area (Å²) in [5.74, 6) is -0.836. The highest BCUT2D eigenvalue weighted by Gasteiger charge is 2.35. The highest BCUT2D eigenvalue weighted by atomic mass is 35.5. The van der Waals surface area contributed by atoms with Gasteiger partial charge in [0.1, 0.15) is 0 Å². The van der Waals surface area contributed by atoms with Crippen molar-refractivity contribution >= 4 is 27.3 Å². The van der Waals surface area contributed by atoms with Crippen LogP contribution in [0.25, 0.3) is 0 Å². The van der Waals surface area contributed by atoms with Gasteiger partial charge in [0.25, 0.3) is 5.91 Å². The number of rotatable bonds is 6. The van der Waals surface area contributed by atoms with E-state index in [0.29, 0.717) is 18.5 Å². The summed E-state index contributed by atoms with van der Waals surface area (Å²) in [6.07, 6.45) is -2.12. The van der Waals surface area contributed by atoms with Crippen LogP contribution < -0.4 is 10.6 Å². The molecular weight excluding hydrogens is 465 g/mol. The maximum Gasteiger partial charge on any atom is 0.417 e. The van der Waals surface area contributed by atoms with E-state index in [4.69, 9.17) is 11.6 Å². The van der Waals surface area contributed by atoms with Crippen LogP contribution in [0.15, 0.2) is 47.4 Å². The normalized spacial score (nSPS) is 18.2. The first-order valence-corrected chi connectivity index (χ1v) is 12.3. The molecular formula is C22H24ClF3N2O3S. The quantitative estimate of drug-likeness (QED) is 0.614. The zero-order valence-corrected chi connectivity index (χ0v) is 18.9. The highest BCUT2D eigenvalue weighted by molar-refractivity contribution is 7.91. The van der Waals surface area contributed by atoms with Gasteiger partial charge in [-0.2, -0.15) is 13.2 Å². The predicted molar refractivity (Wildman–Crippen MR) is 116 cm³/mol. The topological polar surface area (TPSA) is 75.3 Å². The van der Waals surface area contributed by atoms with Crippen molar-refractivity contribution in [3.63, 3.8) is 0 Å². The Morgan fingerprint density at radius 3 is 2.56 bits per heavy atom. The molecule has 32 heavy (non-hydrogen) atoms. The molecule has 1 amide bonds. The number of amides is 1. The number of carbonyl (C=O) groups excluding carboxylic acids is 1. The highest BCUT2D eigenvalue weighted by Crippen LogP contribution is 2.36. The van der Waals surface area contributed by atoms with Crippen molar-refractivity contribution in [3.05, 3.63) is 64.2 Å². The summed E-state index contributed by atoms with van der Waals surface area (Å²) < 4.78 is 64.3. The van der Waals surface area contributed by atoms with Crippen molar-refractivity contribution in [3.8, 4) is 0 Å². The van der Waals surface area contributed by atoms with Crippen molar-refractivity contribution in [2.45, 2.75) is 49.3 Å². The molecule has 3 rings (SSSR count). The average Bonchev–Trinajstić information content (AvgIpc) is 2.77. The van der Waals surface area contributed by atoms with Gasteiger partial charge in [-0.3, -0.25) is 4.79 Å². The summed E-state index contributed by atoms with van der Waals surface area (Å²) in [4.78, 5) is 13.1. The summed E-state index contributed by atoms with van der Waals surface area (Å²) in [7, 11) is -3.47. The van der Waals surface area contributed by atoms with E-state index < -0.39 is 38.5 Å². The molecule has 2 aromatic carbocycles. The zero-order valence-electron chi connectivity index (χ0n) is 17.4. The average molecular weight is 489 g/mol. The number of halogens is 4. The lowest BCUT2D eigenvalue weighted by molar-refractivity contribution is -0.137. The van der Waals surface area contributed by atoms with Crippen molar-refractivity contribution in [2.24, 2.45) is 0 Å². The molecule has 0 saturated carbocycles. The molecule has 1 fully saturated rings. The summed E-state index contributed by atoms with van der Waals surface area (Å²) in [5, 5.41) is 5.44. The van der Waals surface area contributed by atoms with E-state index in [0.717, 1.165) is 25.0 Å². The van der Waals surface area contributed by atoms with Gasteiger partial charge in [-0.25, -0.2) is 8.42 Å². The number of sulfone groups is 1. The fourth-order valence-corrected chi connectivity index (χ4v) is 5.05. The SMILES string of the molecule is CCS(=O)(=O)c1cccc(C(NC(=O)c2cccc(C(F)(F)F)c2Cl)C2CCCCN2)c1. The molecule has 5 nitrogen and oxygen atoms in total. The van der Waals surface area contributed by atoms with Crippen molar-refractivity contribution in [2.75, 3.05) is 12.3 Å². The van der Waals surface area contributed by atoms with E-state index in [1.807, 2.05) is 0 Å². The Morgan fingerprint density at radius 2 is 1.94 bits per heavy atom. The lowest BCUT2D eigenvalue weighted by Crippen LogP contribution is -2.46. The number of piperidine rings is 1. The summed E-state index contributed by atoms with van der Waals surface area (Å²) in [6, 6.07) is 8.60. The fraction of sp³-hybridized carbons (Fsp3) is 0.409. The molecule has 0 radical (unpaired) electrons. The molecule has 2 aromatic rings. The largest absolute Gasteiger partial charge is 0.417 e. The first-order valence-electron chi connectivity index (χ1n) is 10.3. The molecule has 174 valence electrons. The second-order valence-corrected chi connectivity index (χ2v) is 10.3. The standard InChI is InChI=1S/C22H24ClF3N2O3S/c1-2-32(30,31)15-8-5-7-14(13-15)20(18-11-3-4-12-27-18)28-21(29)16-9-6-10-17(19(16)23)22(24,25)26/h5-10,13,18,20,27H,2-4,11-12H2,1H3,(H,28,29). The minimum absolute atomic E-state index is 0.0744. The van der Waals surface area contributed by atoms with Gasteiger partial charge in [0.2, 0.25) is 0 Å². The fourth-order valence-electron chi connectivity index (χ4n) is 3.79.